The van der Waals surface area contributed by atoms with Gasteiger partial charge in [-0.25, -0.2) is 26.5 Å². The highest BCUT2D eigenvalue weighted by Crippen LogP contribution is 2.31. The van der Waals surface area contributed by atoms with Crippen molar-refractivity contribution >= 4 is 38.3 Å². The number of aromatic nitrogens is 1. The number of carbonyl (C=O) groups excluding carboxylic acids is 2. The molecule has 0 fully saturated rings. The molecule has 1 heterocycles. The van der Waals surface area contributed by atoms with Crippen LogP contribution >= 0.6 is 11.3 Å². The summed E-state index contributed by atoms with van der Waals surface area (Å²) in [5.74, 6) is -5.14. The zero-order valence-corrected chi connectivity index (χ0v) is 23.3. The van der Waals surface area contributed by atoms with Crippen LogP contribution in [-0.2, 0) is 27.8 Å². The van der Waals surface area contributed by atoms with E-state index in [-0.39, 0.29) is 22.9 Å². The molecule has 40 heavy (non-hydrogen) atoms. The summed E-state index contributed by atoms with van der Waals surface area (Å²) < 4.78 is 55.3. The standard InChI is InChI=1S/C26H30F2N4O6S2/c1-3-40(37,38)32(26-31-20(14-39-26)24(29)35)21(11-17-9-18(27)12-19(28)10-17)23(34)22(33)15(2)25(36)30-13-16-7-5-4-6-8-16/h4-10,12,14-15,21-23,33-34H,3,11,13H2,1-2H3,(H2,29,35)(H,30,36)/t15?,21-,22+,23+/m0/s1. The summed E-state index contributed by atoms with van der Waals surface area (Å²) in [5, 5.41) is 26.0. The van der Waals surface area contributed by atoms with Gasteiger partial charge in [0.15, 0.2) is 5.13 Å². The minimum atomic E-state index is -4.27. The lowest BCUT2D eigenvalue weighted by Crippen LogP contribution is -2.55. The Kier molecular flexibility index (Phi) is 10.3. The number of halogens is 2. The van der Waals surface area contributed by atoms with Gasteiger partial charge in [0, 0.05) is 18.0 Å². The fourth-order valence-electron chi connectivity index (χ4n) is 4.02. The van der Waals surface area contributed by atoms with E-state index in [1.54, 1.807) is 24.3 Å². The van der Waals surface area contributed by atoms with Crippen molar-refractivity contribution in [2.75, 3.05) is 10.1 Å². The monoisotopic (exact) mass is 596 g/mol. The Morgan fingerprint density at radius 2 is 1.70 bits per heavy atom. The smallest absolute Gasteiger partial charge is 0.268 e. The first-order valence-electron chi connectivity index (χ1n) is 12.2. The molecule has 0 saturated carbocycles. The number of benzene rings is 2. The number of anilines is 1. The number of carbonyl (C=O) groups is 2. The van der Waals surface area contributed by atoms with Crippen LogP contribution < -0.4 is 15.4 Å². The molecule has 0 spiro atoms. The number of hydrogen-bond donors (Lipinski definition) is 4. The van der Waals surface area contributed by atoms with Gasteiger partial charge in [0.25, 0.3) is 5.91 Å². The van der Waals surface area contributed by atoms with E-state index in [2.05, 4.69) is 10.3 Å². The van der Waals surface area contributed by atoms with E-state index >= 15 is 0 Å². The second kappa shape index (κ2) is 13.3. The van der Waals surface area contributed by atoms with E-state index < -0.39 is 69.8 Å². The van der Waals surface area contributed by atoms with E-state index in [4.69, 9.17) is 5.73 Å². The first-order valence-corrected chi connectivity index (χ1v) is 14.7. The molecule has 10 nitrogen and oxygen atoms in total. The average Bonchev–Trinajstić information content (AvgIpc) is 3.40. The molecule has 1 unspecified atom stereocenters. The molecule has 0 aliphatic carbocycles. The number of aliphatic hydroxyl groups excluding tert-OH is 2. The molecule has 4 atom stereocenters. The summed E-state index contributed by atoms with van der Waals surface area (Å²) in [6.07, 6.45) is -4.23. The maximum atomic E-state index is 14.0. The molecule has 0 saturated heterocycles. The molecular weight excluding hydrogens is 566 g/mol. The lowest BCUT2D eigenvalue weighted by Gasteiger charge is -2.37. The average molecular weight is 597 g/mol. The normalized spacial score (nSPS) is 14.7. The SMILES string of the molecule is CCS(=O)(=O)N(c1nc(C(N)=O)cs1)[C@@H](Cc1cc(F)cc(F)c1)[C@@H](O)[C@H](O)C(C)C(=O)NCc1ccccc1. The van der Waals surface area contributed by atoms with Gasteiger partial charge in [0.1, 0.15) is 23.4 Å². The molecule has 0 aliphatic rings. The molecule has 0 radical (unpaired) electrons. The van der Waals surface area contributed by atoms with E-state index in [0.717, 1.165) is 29.0 Å². The summed E-state index contributed by atoms with van der Waals surface area (Å²) in [5.41, 5.74) is 5.79. The third-order valence-corrected chi connectivity index (χ3v) is 8.97. The highest BCUT2D eigenvalue weighted by atomic mass is 32.2. The molecule has 3 aromatic rings. The number of nitrogens with one attached hydrogen (secondary N) is 1. The van der Waals surface area contributed by atoms with E-state index in [1.165, 1.54) is 19.2 Å². The molecule has 1 aromatic heterocycles. The summed E-state index contributed by atoms with van der Waals surface area (Å²) in [6.45, 7) is 2.82. The molecule has 14 heteroatoms. The van der Waals surface area contributed by atoms with Gasteiger partial charge in [-0.2, -0.15) is 0 Å². The van der Waals surface area contributed by atoms with Crippen molar-refractivity contribution < 1.29 is 37.0 Å². The molecule has 2 aromatic carbocycles. The molecule has 3 rings (SSSR count). The number of hydrogen-bond acceptors (Lipinski definition) is 8. The number of nitrogens with two attached hydrogens (primary N) is 1. The second-order valence-corrected chi connectivity index (χ2v) is 12.1. The van der Waals surface area contributed by atoms with Crippen LogP contribution in [0.5, 0.6) is 0 Å². The van der Waals surface area contributed by atoms with Crippen molar-refractivity contribution in [2.24, 2.45) is 11.7 Å². The van der Waals surface area contributed by atoms with Gasteiger partial charge in [-0.1, -0.05) is 37.3 Å². The molecule has 216 valence electrons. The minimum absolute atomic E-state index is 0.0297. The van der Waals surface area contributed by atoms with Crippen LogP contribution in [0.3, 0.4) is 0 Å². The largest absolute Gasteiger partial charge is 0.390 e. The minimum Gasteiger partial charge on any atom is -0.390 e. The van der Waals surface area contributed by atoms with E-state index in [1.807, 2.05) is 6.07 Å². The van der Waals surface area contributed by atoms with Gasteiger partial charge in [-0.15, -0.1) is 11.3 Å². The van der Waals surface area contributed by atoms with Crippen LogP contribution in [0, 0.1) is 17.6 Å². The van der Waals surface area contributed by atoms with Crippen LogP contribution in [0.2, 0.25) is 0 Å². The topological polar surface area (TPSA) is 163 Å². The first-order chi connectivity index (χ1) is 18.8. The highest BCUT2D eigenvalue weighted by Gasteiger charge is 2.42. The Morgan fingerprint density at radius 3 is 2.25 bits per heavy atom. The van der Waals surface area contributed by atoms with Crippen LogP contribution in [0.15, 0.2) is 53.9 Å². The van der Waals surface area contributed by atoms with Crippen molar-refractivity contribution in [1.29, 1.82) is 0 Å². The number of thiazole rings is 1. The molecule has 2 amide bonds. The fraction of sp³-hybridized carbons (Fsp3) is 0.346. The second-order valence-electron chi connectivity index (χ2n) is 9.10. The van der Waals surface area contributed by atoms with Crippen molar-refractivity contribution in [3.05, 3.63) is 82.4 Å². The van der Waals surface area contributed by atoms with Gasteiger partial charge in [0.05, 0.1) is 23.8 Å². The summed E-state index contributed by atoms with van der Waals surface area (Å²) >= 11 is 0.738. The number of amides is 2. The Bertz CT molecular complexity index is 1420. The van der Waals surface area contributed by atoms with E-state index in [9.17, 15) is 37.0 Å². The molecular formula is C26H30F2N4O6S2. The zero-order valence-electron chi connectivity index (χ0n) is 21.7. The van der Waals surface area contributed by atoms with Crippen LogP contribution in [-0.4, -0.2) is 59.4 Å². The Balaban J connectivity index is 1.99. The van der Waals surface area contributed by atoms with Crippen molar-refractivity contribution in [3.8, 4) is 0 Å². The van der Waals surface area contributed by atoms with Crippen molar-refractivity contribution in [3.63, 3.8) is 0 Å². The van der Waals surface area contributed by atoms with Crippen molar-refractivity contribution in [2.45, 2.75) is 45.1 Å². The molecule has 5 N–H and O–H groups in total. The number of rotatable bonds is 13. The predicted molar refractivity (Wildman–Crippen MR) is 146 cm³/mol. The Hall–Kier alpha value is -3.46. The predicted octanol–water partition coefficient (Wildman–Crippen LogP) is 1.96. The number of sulfonamides is 1. The van der Waals surface area contributed by atoms with Gasteiger partial charge in [0.2, 0.25) is 15.9 Å². The summed E-state index contributed by atoms with van der Waals surface area (Å²) in [7, 11) is -4.27. The maximum Gasteiger partial charge on any atom is 0.268 e. The van der Waals surface area contributed by atoms with Crippen LogP contribution in [0.1, 0.15) is 35.5 Å². The number of aliphatic hydroxyl groups is 2. The summed E-state index contributed by atoms with van der Waals surface area (Å²) in [6, 6.07) is 9.91. The molecule has 0 bridgehead atoms. The fourth-order valence-corrected chi connectivity index (χ4v) is 6.44. The quantitative estimate of drug-likeness (QED) is 0.234. The zero-order chi connectivity index (χ0) is 29.6. The summed E-state index contributed by atoms with van der Waals surface area (Å²) in [4.78, 5) is 28.4. The third kappa shape index (κ3) is 7.59. The van der Waals surface area contributed by atoms with Gasteiger partial charge in [-0.3, -0.25) is 9.59 Å². The van der Waals surface area contributed by atoms with Crippen molar-refractivity contribution in [1.82, 2.24) is 10.3 Å². The first kappa shape index (κ1) is 31.1. The number of primary amides is 1. The Morgan fingerprint density at radius 1 is 1.07 bits per heavy atom. The Labute approximate surface area is 234 Å². The third-order valence-electron chi connectivity index (χ3n) is 6.25. The van der Waals surface area contributed by atoms with Crippen LogP contribution in [0.25, 0.3) is 0 Å². The lowest BCUT2D eigenvalue weighted by molar-refractivity contribution is -0.131. The lowest BCUT2D eigenvalue weighted by atomic mass is 9.91. The van der Waals surface area contributed by atoms with Crippen LogP contribution in [0.4, 0.5) is 13.9 Å². The van der Waals surface area contributed by atoms with Gasteiger partial charge < -0.3 is 21.3 Å². The molecule has 0 aliphatic heterocycles. The van der Waals surface area contributed by atoms with Gasteiger partial charge >= 0.3 is 0 Å². The van der Waals surface area contributed by atoms with E-state index in [0.29, 0.717) is 10.4 Å². The number of nitrogens with zero attached hydrogens (tertiary/aromatic N) is 2. The highest BCUT2D eigenvalue weighted by molar-refractivity contribution is 7.93. The maximum absolute atomic E-state index is 14.0. The van der Waals surface area contributed by atoms with Gasteiger partial charge in [-0.05, 0) is 36.6 Å².